The maximum absolute atomic E-state index is 12.7. The van der Waals surface area contributed by atoms with Gasteiger partial charge in [0.25, 0.3) is 5.91 Å². The van der Waals surface area contributed by atoms with Crippen LogP contribution in [0.2, 0.25) is 0 Å². The van der Waals surface area contributed by atoms with E-state index in [1.54, 1.807) is 29.2 Å². The van der Waals surface area contributed by atoms with Gasteiger partial charge in [-0.25, -0.2) is 17.9 Å². The van der Waals surface area contributed by atoms with Gasteiger partial charge in [-0.15, -0.1) is 0 Å². The molecule has 1 fully saturated rings. The zero-order chi connectivity index (χ0) is 17.7. The number of piperidine rings is 1. The molecule has 0 saturated carbocycles. The minimum atomic E-state index is -3.29. The lowest BCUT2D eigenvalue weighted by Gasteiger charge is -2.35. The highest BCUT2D eigenvalue weighted by molar-refractivity contribution is 7.88. The Morgan fingerprint density at radius 1 is 1.21 bits per heavy atom. The molecule has 0 spiro atoms. The van der Waals surface area contributed by atoms with Crippen LogP contribution in [-0.4, -0.2) is 57.7 Å². The largest absolute Gasteiger partial charge is 0.465 e. The Labute approximate surface area is 142 Å². The Bertz CT molecular complexity index is 700. The quantitative estimate of drug-likeness (QED) is 0.797. The summed E-state index contributed by atoms with van der Waals surface area (Å²) in [4.78, 5) is 25.9. The molecule has 1 heterocycles. The summed E-state index contributed by atoms with van der Waals surface area (Å²) in [6.45, 7) is 0.804. The van der Waals surface area contributed by atoms with Gasteiger partial charge in [0.1, 0.15) is 0 Å². The number of nitrogens with zero attached hydrogens (tertiary/aromatic N) is 1. The summed E-state index contributed by atoms with van der Waals surface area (Å²) in [5, 5.41) is 0. The smallest absolute Gasteiger partial charge is 0.337 e. The lowest BCUT2D eigenvalue weighted by atomic mass is 10.0. The van der Waals surface area contributed by atoms with E-state index in [1.165, 1.54) is 7.11 Å². The van der Waals surface area contributed by atoms with Crippen LogP contribution in [-0.2, 0) is 14.8 Å². The standard InChI is InChI=1S/C16H22N2O5S/c1-23-16(20)13-8-6-12(7-9-13)15(19)18-10-4-3-5-14(18)11-17-24(2,21)22/h6-9,14,17H,3-5,10-11H2,1-2H3. The van der Waals surface area contributed by atoms with Crippen LogP contribution >= 0.6 is 0 Å². The van der Waals surface area contributed by atoms with Crippen molar-refractivity contribution in [1.29, 1.82) is 0 Å². The Balaban J connectivity index is 2.11. The molecule has 8 heteroatoms. The molecule has 0 aromatic heterocycles. The molecule has 1 atom stereocenters. The minimum Gasteiger partial charge on any atom is -0.465 e. The first-order valence-corrected chi connectivity index (χ1v) is 9.65. The molecule has 1 aliphatic rings. The summed E-state index contributed by atoms with van der Waals surface area (Å²) in [6, 6.07) is 6.11. The number of sulfonamides is 1. The first kappa shape index (κ1) is 18.4. The van der Waals surface area contributed by atoms with E-state index in [-0.39, 0.29) is 18.5 Å². The molecule has 0 bridgehead atoms. The lowest BCUT2D eigenvalue weighted by molar-refractivity contribution is 0.0594. The second-order valence-corrected chi connectivity index (χ2v) is 7.67. The lowest BCUT2D eigenvalue weighted by Crippen LogP contribution is -2.49. The van der Waals surface area contributed by atoms with Crippen molar-refractivity contribution in [3.63, 3.8) is 0 Å². The number of hydrogen-bond donors (Lipinski definition) is 1. The normalized spacial score (nSPS) is 18.2. The molecule has 1 saturated heterocycles. The van der Waals surface area contributed by atoms with E-state index >= 15 is 0 Å². The van der Waals surface area contributed by atoms with Gasteiger partial charge in [0.15, 0.2) is 0 Å². The van der Waals surface area contributed by atoms with Gasteiger partial charge in [-0.1, -0.05) is 0 Å². The molecule has 24 heavy (non-hydrogen) atoms. The van der Waals surface area contributed by atoms with Crippen molar-refractivity contribution < 1.29 is 22.7 Å². The zero-order valence-corrected chi connectivity index (χ0v) is 14.6. The summed E-state index contributed by atoms with van der Waals surface area (Å²) < 4.78 is 29.7. The van der Waals surface area contributed by atoms with Crippen molar-refractivity contribution in [2.24, 2.45) is 0 Å². The number of esters is 1. The highest BCUT2D eigenvalue weighted by atomic mass is 32.2. The Morgan fingerprint density at radius 3 is 2.42 bits per heavy atom. The molecule has 1 aromatic carbocycles. The number of rotatable bonds is 5. The molecule has 7 nitrogen and oxygen atoms in total. The predicted molar refractivity (Wildman–Crippen MR) is 89.3 cm³/mol. The van der Waals surface area contributed by atoms with E-state index in [4.69, 9.17) is 0 Å². The average Bonchev–Trinajstić information content (AvgIpc) is 2.58. The molecule has 2 rings (SSSR count). The number of benzene rings is 1. The summed E-state index contributed by atoms with van der Waals surface area (Å²) in [5.41, 5.74) is 0.844. The number of hydrogen-bond acceptors (Lipinski definition) is 5. The topological polar surface area (TPSA) is 92.8 Å². The van der Waals surface area contributed by atoms with Gasteiger partial charge in [0.2, 0.25) is 10.0 Å². The van der Waals surface area contributed by atoms with Gasteiger partial charge in [-0.3, -0.25) is 4.79 Å². The fourth-order valence-corrected chi connectivity index (χ4v) is 3.26. The number of nitrogens with one attached hydrogen (secondary N) is 1. The fraction of sp³-hybridized carbons (Fsp3) is 0.500. The summed E-state index contributed by atoms with van der Waals surface area (Å²) in [7, 11) is -1.99. The minimum absolute atomic E-state index is 0.161. The first-order valence-electron chi connectivity index (χ1n) is 7.76. The van der Waals surface area contributed by atoms with Crippen molar-refractivity contribution in [2.45, 2.75) is 25.3 Å². The molecule has 1 aromatic rings. The van der Waals surface area contributed by atoms with E-state index in [0.29, 0.717) is 17.7 Å². The molecule has 1 N–H and O–H groups in total. The molecule has 132 valence electrons. The third-order valence-electron chi connectivity index (χ3n) is 4.02. The number of amides is 1. The molecule has 1 amide bonds. The van der Waals surface area contributed by atoms with Crippen molar-refractivity contribution >= 4 is 21.9 Å². The Hall–Kier alpha value is -1.93. The van der Waals surface area contributed by atoms with Crippen LogP contribution in [0, 0.1) is 0 Å². The summed E-state index contributed by atoms with van der Waals surface area (Å²) in [5.74, 6) is -0.617. The third-order valence-corrected chi connectivity index (χ3v) is 4.71. The number of methoxy groups -OCH3 is 1. The van der Waals surface area contributed by atoms with E-state index in [2.05, 4.69) is 9.46 Å². The maximum atomic E-state index is 12.7. The predicted octanol–water partition coefficient (Wildman–Crippen LogP) is 1.02. The number of likely N-dealkylation sites (tertiary alicyclic amines) is 1. The second-order valence-electron chi connectivity index (χ2n) is 5.84. The number of carbonyl (C=O) groups is 2. The Kier molecular flexibility index (Phi) is 5.95. The van der Waals surface area contributed by atoms with Gasteiger partial charge in [-0.05, 0) is 43.5 Å². The van der Waals surface area contributed by atoms with Crippen molar-refractivity contribution in [3.8, 4) is 0 Å². The number of ether oxygens (including phenoxy) is 1. The van der Waals surface area contributed by atoms with Gasteiger partial charge < -0.3 is 9.64 Å². The SMILES string of the molecule is COC(=O)c1ccc(C(=O)N2CCCCC2CNS(C)(=O)=O)cc1. The average molecular weight is 354 g/mol. The van der Waals surface area contributed by atoms with Crippen LogP contribution in [0.15, 0.2) is 24.3 Å². The zero-order valence-electron chi connectivity index (χ0n) is 13.8. The van der Waals surface area contributed by atoms with Crippen molar-refractivity contribution in [3.05, 3.63) is 35.4 Å². The van der Waals surface area contributed by atoms with Gasteiger partial charge in [0, 0.05) is 24.7 Å². The van der Waals surface area contributed by atoms with E-state index < -0.39 is 16.0 Å². The highest BCUT2D eigenvalue weighted by Crippen LogP contribution is 2.20. The third kappa shape index (κ3) is 4.78. The van der Waals surface area contributed by atoms with Crippen molar-refractivity contribution in [1.82, 2.24) is 9.62 Å². The van der Waals surface area contributed by atoms with Gasteiger partial charge in [0.05, 0.1) is 18.9 Å². The van der Waals surface area contributed by atoms with Crippen LogP contribution < -0.4 is 4.72 Å². The molecular weight excluding hydrogens is 332 g/mol. The van der Waals surface area contributed by atoms with E-state index in [1.807, 2.05) is 0 Å². The Morgan fingerprint density at radius 2 is 1.83 bits per heavy atom. The first-order chi connectivity index (χ1) is 11.3. The van der Waals surface area contributed by atoms with Crippen LogP contribution in [0.4, 0.5) is 0 Å². The monoisotopic (exact) mass is 354 g/mol. The van der Waals surface area contributed by atoms with Gasteiger partial charge >= 0.3 is 5.97 Å². The molecule has 1 unspecified atom stereocenters. The molecule has 0 radical (unpaired) electrons. The van der Waals surface area contributed by atoms with Crippen molar-refractivity contribution in [2.75, 3.05) is 26.5 Å². The maximum Gasteiger partial charge on any atom is 0.337 e. The molecule has 1 aliphatic heterocycles. The van der Waals surface area contributed by atoms with E-state index in [9.17, 15) is 18.0 Å². The number of carbonyl (C=O) groups excluding carboxylic acids is 2. The second kappa shape index (κ2) is 7.76. The van der Waals surface area contributed by atoms with E-state index in [0.717, 1.165) is 25.5 Å². The molecular formula is C16H22N2O5S. The van der Waals surface area contributed by atoms with Crippen LogP contribution in [0.25, 0.3) is 0 Å². The van der Waals surface area contributed by atoms with Crippen LogP contribution in [0.5, 0.6) is 0 Å². The van der Waals surface area contributed by atoms with Crippen LogP contribution in [0.3, 0.4) is 0 Å². The van der Waals surface area contributed by atoms with Crippen LogP contribution in [0.1, 0.15) is 40.0 Å². The van der Waals surface area contributed by atoms with Gasteiger partial charge in [-0.2, -0.15) is 0 Å². The molecule has 0 aliphatic carbocycles. The highest BCUT2D eigenvalue weighted by Gasteiger charge is 2.28. The fourth-order valence-electron chi connectivity index (χ4n) is 2.76. The summed E-state index contributed by atoms with van der Waals surface area (Å²) in [6.07, 6.45) is 3.71. The summed E-state index contributed by atoms with van der Waals surface area (Å²) >= 11 is 0.